The number of hydrogen-bond donors (Lipinski definition) is 0. The first-order chi connectivity index (χ1) is 13.2. The number of aromatic nitrogens is 6. The van der Waals surface area contributed by atoms with Crippen LogP contribution in [0, 0.1) is 5.82 Å². The Bertz CT molecular complexity index is 1050. The van der Waals surface area contributed by atoms with Crippen molar-refractivity contribution in [3.05, 3.63) is 77.9 Å². The van der Waals surface area contributed by atoms with Crippen LogP contribution < -0.4 is 0 Å². The van der Waals surface area contributed by atoms with Crippen LogP contribution in [0.25, 0.3) is 17.1 Å². The monoisotopic (exact) mass is 362 g/mol. The van der Waals surface area contributed by atoms with Crippen molar-refractivity contribution in [2.45, 2.75) is 19.8 Å². The highest BCUT2D eigenvalue weighted by molar-refractivity contribution is 5.65. The molecule has 7 heteroatoms. The van der Waals surface area contributed by atoms with E-state index in [4.69, 9.17) is 5.10 Å². The van der Waals surface area contributed by atoms with Crippen molar-refractivity contribution in [1.82, 2.24) is 29.5 Å². The third-order valence-electron chi connectivity index (χ3n) is 4.50. The first-order valence-electron chi connectivity index (χ1n) is 8.77. The number of nitrogens with zero attached hydrogens (tertiary/aromatic N) is 6. The molecular formula is C20H19FN6. The van der Waals surface area contributed by atoms with E-state index >= 15 is 0 Å². The molecule has 136 valence electrons. The second-order valence-corrected chi connectivity index (χ2v) is 6.25. The smallest absolute Gasteiger partial charge is 0.156 e. The summed E-state index contributed by atoms with van der Waals surface area (Å²) in [4.78, 5) is 8.67. The fourth-order valence-corrected chi connectivity index (χ4v) is 3.29. The molecule has 0 radical (unpaired) electrons. The van der Waals surface area contributed by atoms with Crippen LogP contribution >= 0.6 is 0 Å². The molecule has 0 amide bonds. The van der Waals surface area contributed by atoms with Gasteiger partial charge in [-0.2, -0.15) is 10.2 Å². The number of halogens is 1. The third kappa shape index (κ3) is 3.36. The standard InChI is InChI=1S/C20H19FN6/c1-3-17-18(25-26(2)20(17)14-5-7-15(21)8-6-14)11-16-12-19(23-13-22-16)27-10-4-9-24-27/h4-10,12-13H,3,11H2,1-2H3. The van der Waals surface area contributed by atoms with Gasteiger partial charge in [-0.15, -0.1) is 0 Å². The molecule has 3 heterocycles. The lowest BCUT2D eigenvalue weighted by atomic mass is 10.0. The normalized spacial score (nSPS) is 11.1. The molecule has 0 N–H and O–H groups in total. The topological polar surface area (TPSA) is 61.4 Å². The molecule has 0 spiro atoms. The van der Waals surface area contributed by atoms with Crippen molar-refractivity contribution in [3.8, 4) is 17.1 Å². The summed E-state index contributed by atoms with van der Waals surface area (Å²) in [5, 5.41) is 8.92. The fraction of sp³-hybridized carbons (Fsp3) is 0.200. The fourth-order valence-electron chi connectivity index (χ4n) is 3.29. The molecule has 0 aliphatic heterocycles. The Kier molecular flexibility index (Phi) is 4.50. The number of benzene rings is 1. The minimum absolute atomic E-state index is 0.244. The quantitative estimate of drug-likeness (QED) is 0.546. The minimum atomic E-state index is -0.244. The summed E-state index contributed by atoms with van der Waals surface area (Å²) in [6, 6.07) is 10.3. The first kappa shape index (κ1) is 17.1. The highest BCUT2D eigenvalue weighted by atomic mass is 19.1. The summed E-state index contributed by atoms with van der Waals surface area (Å²) in [5.41, 5.74) is 4.94. The molecule has 0 bridgehead atoms. The molecular weight excluding hydrogens is 343 g/mol. The van der Waals surface area contributed by atoms with E-state index in [1.807, 2.05) is 30.1 Å². The maximum Gasteiger partial charge on any atom is 0.156 e. The van der Waals surface area contributed by atoms with Gasteiger partial charge in [-0.3, -0.25) is 4.68 Å². The van der Waals surface area contributed by atoms with Crippen molar-refractivity contribution >= 4 is 0 Å². The summed E-state index contributed by atoms with van der Waals surface area (Å²) in [6.07, 6.45) is 6.52. The van der Waals surface area contributed by atoms with Crippen LogP contribution in [0.5, 0.6) is 0 Å². The van der Waals surface area contributed by atoms with Gasteiger partial charge >= 0.3 is 0 Å². The van der Waals surface area contributed by atoms with Gasteiger partial charge in [-0.25, -0.2) is 19.0 Å². The van der Waals surface area contributed by atoms with E-state index in [-0.39, 0.29) is 5.82 Å². The lowest BCUT2D eigenvalue weighted by Gasteiger charge is -2.06. The summed E-state index contributed by atoms with van der Waals surface area (Å²) in [7, 11) is 1.91. The molecule has 6 nitrogen and oxygen atoms in total. The zero-order chi connectivity index (χ0) is 18.8. The van der Waals surface area contributed by atoms with Crippen molar-refractivity contribution < 1.29 is 4.39 Å². The zero-order valence-electron chi connectivity index (χ0n) is 15.2. The summed E-state index contributed by atoms with van der Waals surface area (Å²) < 4.78 is 16.8. The molecule has 0 fully saturated rings. The van der Waals surface area contributed by atoms with Crippen LogP contribution in [-0.2, 0) is 19.9 Å². The molecule has 1 aromatic carbocycles. The van der Waals surface area contributed by atoms with Gasteiger partial charge in [-0.1, -0.05) is 6.92 Å². The van der Waals surface area contributed by atoms with Gasteiger partial charge in [-0.05, 0) is 36.8 Å². The van der Waals surface area contributed by atoms with Crippen LogP contribution in [-0.4, -0.2) is 29.5 Å². The zero-order valence-corrected chi connectivity index (χ0v) is 15.2. The van der Waals surface area contributed by atoms with E-state index in [1.165, 1.54) is 12.1 Å². The van der Waals surface area contributed by atoms with Gasteiger partial charge < -0.3 is 0 Å². The van der Waals surface area contributed by atoms with Gasteiger partial charge in [0, 0.05) is 43.1 Å². The van der Waals surface area contributed by atoms with Crippen molar-refractivity contribution in [2.75, 3.05) is 0 Å². The van der Waals surface area contributed by atoms with Crippen molar-refractivity contribution in [3.63, 3.8) is 0 Å². The highest BCUT2D eigenvalue weighted by Crippen LogP contribution is 2.28. The minimum Gasteiger partial charge on any atom is -0.267 e. The summed E-state index contributed by atoms with van der Waals surface area (Å²) in [6.45, 7) is 2.10. The maximum atomic E-state index is 13.3. The maximum absolute atomic E-state index is 13.3. The number of aryl methyl sites for hydroxylation is 1. The van der Waals surface area contributed by atoms with Crippen LogP contribution in [0.4, 0.5) is 4.39 Å². The molecule has 0 saturated heterocycles. The average Bonchev–Trinajstić information content (AvgIpc) is 3.31. The molecule has 0 unspecified atom stereocenters. The van der Waals surface area contributed by atoms with E-state index in [0.29, 0.717) is 6.42 Å². The average molecular weight is 362 g/mol. The summed E-state index contributed by atoms with van der Waals surface area (Å²) >= 11 is 0. The largest absolute Gasteiger partial charge is 0.267 e. The second-order valence-electron chi connectivity index (χ2n) is 6.25. The SMILES string of the molecule is CCc1c(Cc2cc(-n3cccn3)ncn2)nn(C)c1-c1ccc(F)cc1. The lowest BCUT2D eigenvalue weighted by Crippen LogP contribution is -2.03. The van der Waals surface area contributed by atoms with Gasteiger partial charge in [0.25, 0.3) is 0 Å². The van der Waals surface area contributed by atoms with Crippen LogP contribution in [0.2, 0.25) is 0 Å². The van der Waals surface area contributed by atoms with Gasteiger partial charge in [0.1, 0.15) is 12.1 Å². The second kappa shape index (κ2) is 7.11. The molecule has 0 saturated carbocycles. The van der Waals surface area contributed by atoms with Crippen molar-refractivity contribution in [1.29, 1.82) is 0 Å². The number of hydrogen-bond acceptors (Lipinski definition) is 4. The lowest BCUT2D eigenvalue weighted by molar-refractivity contribution is 0.628. The van der Waals surface area contributed by atoms with Crippen LogP contribution in [0.3, 0.4) is 0 Å². The first-order valence-corrected chi connectivity index (χ1v) is 8.77. The third-order valence-corrected chi connectivity index (χ3v) is 4.50. The Morgan fingerprint density at radius 2 is 1.93 bits per heavy atom. The van der Waals surface area contributed by atoms with Crippen LogP contribution in [0.1, 0.15) is 23.9 Å². The van der Waals surface area contributed by atoms with Crippen LogP contribution in [0.15, 0.2) is 55.1 Å². The van der Waals surface area contributed by atoms with Gasteiger partial charge in [0.05, 0.1) is 17.1 Å². The Hall–Kier alpha value is -3.35. The predicted molar refractivity (Wildman–Crippen MR) is 99.9 cm³/mol. The van der Waals surface area contributed by atoms with E-state index in [0.717, 1.165) is 40.4 Å². The molecule has 27 heavy (non-hydrogen) atoms. The Morgan fingerprint density at radius 3 is 2.63 bits per heavy atom. The number of rotatable bonds is 5. The molecule has 3 aromatic heterocycles. The van der Waals surface area contributed by atoms with E-state index in [1.54, 1.807) is 29.3 Å². The van der Waals surface area contributed by atoms with E-state index < -0.39 is 0 Å². The summed E-state index contributed by atoms with van der Waals surface area (Å²) in [5.74, 6) is 0.476. The molecule has 0 aliphatic carbocycles. The Balaban J connectivity index is 1.70. The van der Waals surface area contributed by atoms with Crippen molar-refractivity contribution in [2.24, 2.45) is 7.05 Å². The molecule has 4 aromatic rings. The van der Waals surface area contributed by atoms with Gasteiger partial charge in [0.15, 0.2) is 5.82 Å². The van der Waals surface area contributed by atoms with E-state index in [9.17, 15) is 4.39 Å². The molecule has 4 rings (SSSR count). The molecule has 0 aliphatic rings. The Labute approximate surface area is 156 Å². The predicted octanol–water partition coefficient (Wildman–Crippen LogP) is 3.36. The molecule has 0 atom stereocenters. The Morgan fingerprint density at radius 1 is 1.11 bits per heavy atom. The van der Waals surface area contributed by atoms with E-state index in [2.05, 4.69) is 22.0 Å². The van der Waals surface area contributed by atoms with Gasteiger partial charge in [0.2, 0.25) is 0 Å². The highest BCUT2D eigenvalue weighted by Gasteiger charge is 2.17.